The van der Waals surface area contributed by atoms with E-state index in [0.29, 0.717) is 10.0 Å². The molecule has 2 N–H and O–H groups in total. The van der Waals surface area contributed by atoms with Crippen molar-refractivity contribution in [2.75, 3.05) is 12.4 Å². The molecule has 0 radical (unpaired) electrons. The molecule has 6 nitrogen and oxygen atoms in total. The predicted octanol–water partition coefficient (Wildman–Crippen LogP) is 4.71. The number of rotatable bonds is 6. The van der Waals surface area contributed by atoms with Crippen molar-refractivity contribution in [1.29, 1.82) is 0 Å². The van der Waals surface area contributed by atoms with Crippen LogP contribution in [0.15, 0.2) is 39.5 Å². The summed E-state index contributed by atoms with van der Waals surface area (Å²) >= 11 is 5.95. The van der Waals surface area contributed by atoms with E-state index < -0.39 is 6.04 Å². The predicted molar refractivity (Wildman–Crippen MR) is 116 cm³/mol. The van der Waals surface area contributed by atoms with Crippen LogP contribution in [0.2, 0.25) is 0 Å². The van der Waals surface area contributed by atoms with Crippen molar-refractivity contribution in [3.63, 3.8) is 0 Å². The van der Waals surface area contributed by atoms with Crippen LogP contribution in [-0.4, -0.2) is 29.9 Å². The van der Waals surface area contributed by atoms with Crippen molar-refractivity contribution >= 4 is 55.5 Å². The number of halogens is 1. The van der Waals surface area contributed by atoms with Gasteiger partial charge in [0.2, 0.25) is 5.91 Å². The number of ether oxygens (including phenoxy) is 1. The van der Waals surface area contributed by atoms with Gasteiger partial charge in [0.25, 0.3) is 5.91 Å². The van der Waals surface area contributed by atoms with Gasteiger partial charge in [-0.15, -0.1) is 22.7 Å². The Morgan fingerprint density at radius 3 is 2.71 bits per heavy atom. The number of thiazole rings is 1. The highest BCUT2D eigenvalue weighted by molar-refractivity contribution is 9.11. The smallest absolute Gasteiger partial charge is 0.262 e. The van der Waals surface area contributed by atoms with E-state index in [1.807, 2.05) is 30.5 Å². The number of thiophene rings is 1. The number of benzene rings is 1. The number of hydrogen-bond donors (Lipinski definition) is 2. The Morgan fingerprint density at radius 1 is 1.25 bits per heavy atom. The number of anilines is 1. The average molecular weight is 480 g/mol. The molecule has 2 amide bonds. The fraction of sp³-hybridized carbons (Fsp3) is 0.211. The van der Waals surface area contributed by atoms with E-state index >= 15 is 0 Å². The monoisotopic (exact) mass is 479 g/mol. The van der Waals surface area contributed by atoms with Gasteiger partial charge in [0.15, 0.2) is 5.13 Å². The molecule has 1 atom stereocenters. The number of aryl methyl sites for hydroxylation is 1. The molecule has 1 unspecified atom stereocenters. The van der Waals surface area contributed by atoms with Crippen LogP contribution in [0, 0.1) is 6.92 Å². The molecule has 3 aromatic rings. The molecule has 1 aromatic carbocycles. The quantitative estimate of drug-likeness (QED) is 0.536. The Bertz CT molecular complexity index is 1020. The summed E-state index contributed by atoms with van der Waals surface area (Å²) in [5.74, 6) is 0.0975. The summed E-state index contributed by atoms with van der Waals surface area (Å²) < 4.78 is 6.26. The molecular formula is C19H18BrN3O3S2. The van der Waals surface area contributed by atoms with Gasteiger partial charge in [-0.05, 0) is 54.0 Å². The van der Waals surface area contributed by atoms with Crippen LogP contribution in [0.25, 0.3) is 11.3 Å². The van der Waals surface area contributed by atoms with Gasteiger partial charge in [-0.25, -0.2) is 4.98 Å². The summed E-state index contributed by atoms with van der Waals surface area (Å²) in [6.07, 6.45) is 0. The third-order valence-electron chi connectivity index (χ3n) is 3.90. The molecule has 0 saturated heterocycles. The third kappa shape index (κ3) is 4.78. The fourth-order valence-electron chi connectivity index (χ4n) is 2.46. The second-order valence-corrected chi connectivity index (χ2v) is 9.35. The molecule has 2 aromatic heterocycles. The molecule has 0 aliphatic carbocycles. The number of amides is 2. The maximum atomic E-state index is 12.4. The van der Waals surface area contributed by atoms with Gasteiger partial charge >= 0.3 is 0 Å². The Hall–Kier alpha value is -2.23. The lowest BCUT2D eigenvalue weighted by Gasteiger charge is -2.12. The summed E-state index contributed by atoms with van der Waals surface area (Å²) in [4.78, 5) is 29.6. The first-order valence-electron chi connectivity index (χ1n) is 8.35. The SMILES string of the molecule is COc1ccc(C)cc1-c1csc(NC(=O)C(C)NC(=O)c2ccc(Br)s2)n1. The van der Waals surface area contributed by atoms with E-state index in [0.717, 1.165) is 26.4 Å². The standard InChI is InChI=1S/C19H18BrN3O3S2/c1-10-4-5-14(26-3)12(8-10)13-9-27-19(22-13)23-17(24)11(2)21-18(25)15-6-7-16(20)28-15/h4-9,11H,1-3H3,(H,21,25)(H,22,23,24). The second kappa shape index (κ2) is 8.85. The van der Waals surface area contributed by atoms with Crippen molar-refractivity contribution in [3.8, 4) is 17.0 Å². The number of nitrogens with zero attached hydrogens (tertiary/aromatic N) is 1. The van der Waals surface area contributed by atoms with Crippen molar-refractivity contribution < 1.29 is 14.3 Å². The number of nitrogens with one attached hydrogen (secondary N) is 2. The first kappa shape index (κ1) is 20.5. The molecular weight excluding hydrogens is 462 g/mol. The molecule has 146 valence electrons. The molecule has 0 spiro atoms. The van der Waals surface area contributed by atoms with Crippen LogP contribution < -0.4 is 15.4 Å². The first-order valence-corrected chi connectivity index (χ1v) is 10.8. The average Bonchev–Trinajstić information content (AvgIpc) is 3.30. The lowest BCUT2D eigenvalue weighted by atomic mass is 10.1. The van der Waals surface area contributed by atoms with Crippen LogP contribution in [0.5, 0.6) is 5.75 Å². The minimum Gasteiger partial charge on any atom is -0.496 e. The summed E-state index contributed by atoms with van der Waals surface area (Å²) in [5, 5.41) is 7.76. The van der Waals surface area contributed by atoms with E-state index in [2.05, 4.69) is 31.5 Å². The highest BCUT2D eigenvalue weighted by atomic mass is 79.9. The molecule has 9 heteroatoms. The molecule has 0 saturated carbocycles. The number of carbonyl (C=O) groups excluding carboxylic acids is 2. The normalized spacial score (nSPS) is 11.7. The van der Waals surface area contributed by atoms with Gasteiger partial charge in [0.05, 0.1) is 21.5 Å². The lowest BCUT2D eigenvalue weighted by molar-refractivity contribution is -0.117. The molecule has 3 rings (SSSR count). The second-order valence-electron chi connectivity index (χ2n) is 6.03. The van der Waals surface area contributed by atoms with Crippen LogP contribution in [-0.2, 0) is 4.79 Å². The maximum absolute atomic E-state index is 12.4. The van der Waals surface area contributed by atoms with Crippen LogP contribution in [0.3, 0.4) is 0 Å². The van der Waals surface area contributed by atoms with Crippen molar-refractivity contribution in [1.82, 2.24) is 10.3 Å². The molecule has 0 aliphatic rings. The van der Waals surface area contributed by atoms with Crippen LogP contribution in [0.4, 0.5) is 5.13 Å². The summed E-state index contributed by atoms with van der Waals surface area (Å²) in [6, 6.07) is 8.64. The number of methoxy groups -OCH3 is 1. The summed E-state index contributed by atoms with van der Waals surface area (Å²) in [5.41, 5.74) is 2.68. The maximum Gasteiger partial charge on any atom is 0.262 e. The first-order chi connectivity index (χ1) is 13.4. The lowest BCUT2D eigenvalue weighted by Crippen LogP contribution is -2.41. The van der Waals surface area contributed by atoms with E-state index in [1.165, 1.54) is 22.7 Å². The summed E-state index contributed by atoms with van der Waals surface area (Å²) in [6.45, 7) is 3.63. The Balaban J connectivity index is 1.67. The summed E-state index contributed by atoms with van der Waals surface area (Å²) in [7, 11) is 1.61. The molecule has 28 heavy (non-hydrogen) atoms. The zero-order chi connectivity index (χ0) is 20.3. The minimum absolute atomic E-state index is 0.289. The zero-order valence-corrected chi connectivity index (χ0v) is 18.6. The Labute approximate surface area is 179 Å². The highest BCUT2D eigenvalue weighted by Crippen LogP contribution is 2.33. The molecule has 0 fully saturated rings. The Kier molecular flexibility index (Phi) is 6.48. The van der Waals surface area contributed by atoms with E-state index in [9.17, 15) is 9.59 Å². The minimum atomic E-state index is -0.700. The molecule has 2 heterocycles. The van der Waals surface area contributed by atoms with Crippen molar-refractivity contribution in [2.45, 2.75) is 19.9 Å². The van der Waals surface area contributed by atoms with Gasteiger partial charge in [-0.2, -0.15) is 0 Å². The van der Waals surface area contributed by atoms with Gasteiger partial charge in [0, 0.05) is 10.9 Å². The topological polar surface area (TPSA) is 80.3 Å². The van der Waals surface area contributed by atoms with Gasteiger partial charge in [0.1, 0.15) is 11.8 Å². The van der Waals surface area contributed by atoms with Gasteiger partial charge < -0.3 is 15.4 Å². The van der Waals surface area contributed by atoms with Crippen molar-refractivity contribution in [3.05, 3.63) is 49.9 Å². The van der Waals surface area contributed by atoms with E-state index in [-0.39, 0.29) is 11.8 Å². The van der Waals surface area contributed by atoms with Gasteiger partial charge in [-0.1, -0.05) is 11.6 Å². The number of hydrogen-bond acceptors (Lipinski definition) is 6. The Morgan fingerprint density at radius 2 is 2.04 bits per heavy atom. The zero-order valence-electron chi connectivity index (χ0n) is 15.4. The van der Waals surface area contributed by atoms with Crippen LogP contribution >= 0.6 is 38.6 Å². The molecule has 0 bridgehead atoms. The van der Waals surface area contributed by atoms with Crippen molar-refractivity contribution in [2.24, 2.45) is 0 Å². The number of carbonyl (C=O) groups is 2. The largest absolute Gasteiger partial charge is 0.496 e. The van der Waals surface area contributed by atoms with E-state index in [4.69, 9.17) is 4.74 Å². The van der Waals surface area contributed by atoms with Gasteiger partial charge in [-0.3, -0.25) is 9.59 Å². The third-order valence-corrected chi connectivity index (χ3v) is 6.28. The van der Waals surface area contributed by atoms with Crippen LogP contribution in [0.1, 0.15) is 22.2 Å². The van der Waals surface area contributed by atoms with E-state index in [1.54, 1.807) is 26.2 Å². The number of aromatic nitrogens is 1. The highest BCUT2D eigenvalue weighted by Gasteiger charge is 2.19. The fourth-order valence-corrected chi connectivity index (χ4v) is 4.46. The molecule has 0 aliphatic heterocycles.